The predicted octanol–water partition coefficient (Wildman–Crippen LogP) is 3.78. The van der Waals surface area contributed by atoms with Crippen LogP contribution in [0.2, 0.25) is 0 Å². The summed E-state index contributed by atoms with van der Waals surface area (Å²) < 4.78 is 36.0. The lowest BCUT2D eigenvalue weighted by Gasteiger charge is -2.38. The highest BCUT2D eigenvalue weighted by Gasteiger charge is 2.62. The lowest BCUT2D eigenvalue weighted by Crippen LogP contribution is -2.60. The number of piperazine rings is 1. The summed E-state index contributed by atoms with van der Waals surface area (Å²) in [5, 5.41) is 12.2. The molecule has 12 nitrogen and oxygen atoms in total. The van der Waals surface area contributed by atoms with E-state index < -0.39 is 27.3 Å². The van der Waals surface area contributed by atoms with E-state index >= 15 is 4.79 Å². The third kappa shape index (κ3) is 5.22. The number of fused-ring (bicyclic) bond motifs is 2. The molecule has 2 aromatic heterocycles. The quantitative estimate of drug-likeness (QED) is 0.241. The van der Waals surface area contributed by atoms with E-state index in [2.05, 4.69) is 26.4 Å². The van der Waals surface area contributed by atoms with Gasteiger partial charge in [-0.05, 0) is 55.5 Å². The number of benzene rings is 3. The molecule has 0 saturated carbocycles. The number of pyridine rings is 2. The maximum atomic E-state index is 15.2. The van der Waals surface area contributed by atoms with Crippen LogP contribution in [-0.4, -0.2) is 68.0 Å². The molecule has 7 rings (SSSR count). The minimum Gasteiger partial charge on any atom is -0.494 e. The van der Waals surface area contributed by atoms with Crippen LogP contribution in [0.4, 0.5) is 11.4 Å². The number of nitrogens with one attached hydrogen (secondary N) is 1. The summed E-state index contributed by atoms with van der Waals surface area (Å²) in [5.74, 6) is -1.56. The number of ether oxygens (including phenoxy) is 1. The van der Waals surface area contributed by atoms with Gasteiger partial charge >= 0.3 is 0 Å². The van der Waals surface area contributed by atoms with E-state index in [9.17, 15) is 18.5 Å². The monoisotopic (exact) mass is 673 g/mol. The topological polar surface area (TPSA) is 149 Å². The number of hydrogen-bond donors (Lipinski definition) is 1. The highest BCUT2D eigenvalue weighted by Crippen LogP contribution is 2.51. The van der Waals surface area contributed by atoms with Crippen LogP contribution in [-0.2, 0) is 25.0 Å². The third-order valence-electron chi connectivity index (χ3n) is 8.87. The third-order valence-corrected chi connectivity index (χ3v) is 10.6. The number of hydrogen-bond acceptors (Lipinski definition) is 10. The van der Waals surface area contributed by atoms with Crippen LogP contribution >= 0.6 is 0 Å². The molecule has 0 spiro atoms. The average molecular weight is 674 g/mol. The van der Waals surface area contributed by atoms with Gasteiger partial charge in [0.25, 0.3) is 21.8 Å². The second kappa shape index (κ2) is 12.6. The molecule has 2 aliphatic heterocycles. The highest BCUT2D eigenvalue weighted by atomic mass is 32.2. The summed E-state index contributed by atoms with van der Waals surface area (Å²) in [5.41, 5.74) is 2.19. The Morgan fingerprint density at radius 1 is 0.939 bits per heavy atom. The summed E-state index contributed by atoms with van der Waals surface area (Å²) in [6.45, 7) is 3.97. The first-order chi connectivity index (χ1) is 23.8. The molecule has 2 amide bonds. The van der Waals surface area contributed by atoms with Crippen molar-refractivity contribution in [1.82, 2.24) is 20.4 Å². The molecular weight excluding hydrogens is 643 g/mol. The number of rotatable bonds is 8. The molecule has 13 heteroatoms. The molecule has 246 valence electrons. The number of sulfonamides is 1. The molecule has 1 atom stereocenters. The smallest absolute Gasteiger partial charge is 0.273 e. The number of amides is 2. The number of para-hydroxylation sites is 2. The number of carbonyl (C=O) groups is 2. The SMILES string of the molecule is CCOc1ccccc1C1(C(=O)NN2CCN(c3ccncc3)CC2)C(=O)N(S(=O)(=O)c2cccc3cccnc23)c2ccc(C#N)cc21. The van der Waals surface area contributed by atoms with Crippen molar-refractivity contribution in [2.24, 2.45) is 0 Å². The Hall–Kier alpha value is -5.84. The number of carbonyl (C=O) groups excluding carboxylic acids is 2. The van der Waals surface area contributed by atoms with Gasteiger partial charge in [-0.2, -0.15) is 5.26 Å². The van der Waals surface area contributed by atoms with E-state index in [1.165, 1.54) is 30.5 Å². The van der Waals surface area contributed by atoms with Crippen molar-refractivity contribution in [2.75, 3.05) is 42.0 Å². The number of nitriles is 1. The van der Waals surface area contributed by atoms with E-state index in [1.54, 1.807) is 72.9 Å². The Labute approximate surface area is 283 Å². The van der Waals surface area contributed by atoms with E-state index in [0.717, 1.165) is 5.69 Å². The van der Waals surface area contributed by atoms with Crippen molar-refractivity contribution in [2.45, 2.75) is 17.2 Å². The summed E-state index contributed by atoms with van der Waals surface area (Å²) in [7, 11) is -4.66. The molecule has 0 radical (unpaired) electrons. The standard InChI is InChI=1S/C36H31N7O5S/c1-2-48-31-10-4-3-9-28(31)36(34(44)40-42-21-19-41(20-22-42)27-14-17-38-18-15-27)29-23-25(24-37)12-13-30(29)43(35(36)45)49(46,47)32-11-5-7-26-8-6-16-39-33(26)32/h3-18,23H,2,19-22H2,1H3,(H,40,44). The van der Waals surface area contributed by atoms with Crippen molar-refractivity contribution in [3.05, 3.63) is 120 Å². The molecule has 5 aromatic rings. The molecule has 0 aliphatic carbocycles. The zero-order valence-electron chi connectivity index (χ0n) is 26.5. The number of anilines is 2. The largest absolute Gasteiger partial charge is 0.494 e. The second-order valence-electron chi connectivity index (χ2n) is 11.5. The van der Waals surface area contributed by atoms with Crippen molar-refractivity contribution in [3.8, 4) is 11.8 Å². The van der Waals surface area contributed by atoms with Gasteiger partial charge in [-0.25, -0.2) is 17.7 Å². The van der Waals surface area contributed by atoms with E-state index in [-0.39, 0.29) is 45.1 Å². The van der Waals surface area contributed by atoms with Gasteiger partial charge in [-0.1, -0.05) is 36.4 Å². The fourth-order valence-electron chi connectivity index (χ4n) is 6.60. The van der Waals surface area contributed by atoms with Gasteiger partial charge in [0.2, 0.25) is 0 Å². The van der Waals surface area contributed by atoms with Gasteiger partial charge in [-0.3, -0.25) is 25.0 Å². The minimum absolute atomic E-state index is 0.0408. The Morgan fingerprint density at radius 3 is 2.45 bits per heavy atom. The fraction of sp³-hybridized carbons (Fsp3) is 0.194. The number of hydrazine groups is 1. The number of nitrogens with zero attached hydrogens (tertiary/aromatic N) is 6. The van der Waals surface area contributed by atoms with Crippen LogP contribution in [0.25, 0.3) is 10.9 Å². The Kier molecular flexibility index (Phi) is 8.19. The van der Waals surface area contributed by atoms with Crippen LogP contribution in [0, 0.1) is 11.3 Å². The first-order valence-electron chi connectivity index (χ1n) is 15.7. The van der Waals surface area contributed by atoms with Gasteiger partial charge in [0.1, 0.15) is 10.6 Å². The Bertz CT molecular complexity index is 2230. The molecular formula is C36H31N7O5S. The average Bonchev–Trinajstić information content (AvgIpc) is 3.40. The van der Waals surface area contributed by atoms with Crippen molar-refractivity contribution in [3.63, 3.8) is 0 Å². The molecule has 49 heavy (non-hydrogen) atoms. The molecule has 4 heterocycles. The van der Waals surface area contributed by atoms with Crippen LogP contribution in [0.3, 0.4) is 0 Å². The first kappa shape index (κ1) is 31.7. The van der Waals surface area contributed by atoms with Gasteiger partial charge in [0.15, 0.2) is 5.41 Å². The lowest BCUT2D eigenvalue weighted by molar-refractivity contribution is -0.136. The van der Waals surface area contributed by atoms with Crippen molar-refractivity contribution < 1.29 is 22.7 Å². The van der Waals surface area contributed by atoms with Crippen LogP contribution in [0.1, 0.15) is 23.6 Å². The summed E-state index contributed by atoms with van der Waals surface area (Å²) in [6.07, 6.45) is 4.91. The van der Waals surface area contributed by atoms with Crippen molar-refractivity contribution in [1.29, 1.82) is 5.26 Å². The maximum absolute atomic E-state index is 15.2. The summed E-state index contributed by atoms with van der Waals surface area (Å²) in [4.78, 5) is 40.6. The molecule has 1 fully saturated rings. The van der Waals surface area contributed by atoms with Crippen LogP contribution in [0.5, 0.6) is 5.75 Å². The fourth-order valence-corrected chi connectivity index (χ4v) is 8.24. The second-order valence-corrected chi connectivity index (χ2v) is 13.3. The van der Waals surface area contributed by atoms with Crippen molar-refractivity contribution >= 4 is 44.1 Å². The van der Waals surface area contributed by atoms with Gasteiger partial charge in [0.05, 0.1) is 29.4 Å². The zero-order chi connectivity index (χ0) is 34.2. The minimum atomic E-state index is -4.66. The Balaban J connectivity index is 1.38. The molecule has 3 aromatic carbocycles. The van der Waals surface area contributed by atoms with Gasteiger partial charge in [-0.15, -0.1) is 0 Å². The molecule has 2 aliphatic rings. The Morgan fingerprint density at radius 2 is 1.69 bits per heavy atom. The molecule has 1 saturated heterocycles. The summed E-state index contributed by atoms with van der Waals surface area (Å²) in [6, 6.07) is 24.8. The maximum Gasteiger partial charge on any atom is 0.273 e. The molecule has 1 N–H and O–H groups in total. The predicted molar refractivity (Wildman–Crippen MR) is 182 cm³/mol. The number of aromatic nitrogens is 2. The molecule has 1 unspecified atom stereocenters. The van der Waals surface area contributed by atoms with Gasteiger partial charge < -0.3 is 9.64 Å². The first-order valence-corrected chi connectivity index (χ1v) is 17.2. The van der Waals surface area contributed by atoms with Crippen LogP contribution < -0.4 is 19.4 Å². The lowest BCUT2D eigenvalue weighted by atomic mass is 9.73. The van der Waals surface area contributed by atoms with Crippen LogP contribution in [0.15, 0.2) is 108 Å². The zero-order valence-corrected chi connectivity index (χ0v) is 27.3. The normalized spacial score (nSPS) is 17.8. The highest BCUT2D eigenvalue weighted by molar-refractivity contribution is 7.93. The summed E-state index contributed by atoms with van der Waals surface area (Å²) >= 11 is 0. The molecule has 0 bridgehead atoms. The van der Waals surface area contributed by atoms with E-state index in [0.29, 0.717) is 35.9 Å². The van der Waals surface area contributed by atoms with Gasteiger partial charge in [0, 0.05) is 67.0 Å². The van der Waals surface area contributed by atoms with E-state index in [4.69, 9.17) is 4.74 Å². The van der Waals surface area contributed by atoms with E-state index in [1.807, 2.05) is 12.1 Å².